The maximum absolute atomic E-state index is 6.41. The molecule has 0 heterocycles. The third-order valence-electron chi connectivity index (χ3n) is 12.8. The Morgan fingerprint density at radius 3 is 0.985 bits per heavy atom. The molecule has 0 amide bonds. The minimum absolute atomic E-state index is 0.783. The monoisotopic (exact) mass is 848 g/mol. The number of hydrogen-bond acceptors (Lipinski definition) is 4. The number of benzene rings is 12. The predicted molar refractivity (Wildman–Crippen MR) is 277 cm³/mol. The molecule has 0 fully saturated rings. The molecule has 4 nitrogen and oxygen atoms in total. The van der Waals surface area contributed by atoms with Crippen molar-refractivity contribution in [3.05, 3.63) is 242 Å². The zero-order valence-corrected chi connectivity index (χ0v) is 36.7. The van der Waals surface area contributed by atoms with E-state index in [1.165, 1.54) is 54.2 Å². The van der Waals surface area contributed by atoms with Crippen molar-refractivity contribution in [1.82, 2.24) is 0 Å². The van der Waals surface area contributed by atoms with Gasteiger partial charge in [-0.05, 0) is 166 Å². The molecular formula is C62H44N2O2. The minimum Gasteiger partial charge on any atom is -0.457 e. The maximum Gasteiger partial charge on any atom is 0.128 e. The first kappa shape index (κ1) is 39.0. The number of ether oxygens (including phenoxy) is 2. The number of anilines is 6. The van der Waals surface area contributed by atoms with Crippen molar-refractivity contribution in [3.63, 3.8) is 0 Å². The molecule has 66 heavy (non-hydrogen) atoms. The largest absolute Gasteiger partial charge is 0.457 e. The van der Waals surface area contributed by atoms with Crippen molar-refractivity contribution in [2.75, 3.05) is 9.80 Å². The highest BCUT2D eigenvalue weighted by Gasteiger charge is 2.22. The summed E-state index contributed by atoms with van der Waals surface area (Å²) in [6.07, 6.45) is 0. The molecular weight excluding hydrogens is 805 g/mol. The van der Waals surface area contributed by atoms with Crippen LogP contribution < -0.4 is 19.3 Å². The van der Waals surface area contributed by atoms with Crippen LogP contribution in [0.25, 0.3) is 53.9 Å². The number of nitrogens with zero attached hydrogens (tertiary/aromatic N) is 2. The normalized spacial score (nSPS) is 11.5. The van der Waals surface area contributed by atoms with Gasteiger partial charge in [-0.1, -0.05) is 132 Å². The summed E-state index contributed by atoms with van der Waals surface area (Å²) in [6.45, 7) is 4.27. The Hall–Kier alpha value is -8.60. The van der Waals surface area contributed by atoms with Crippen LogP contribution in [0.5, 0.6) is 23.0 Å². The van der Waals surface area contributed by atoms with Gasteiger partial charge in [-0.3, -0.25) is 0 Å². The highest BCUT2D eigenvalue weighted by atomic mass is 16.5. The third kappa shape index (κ3) is 7.15. The quantitative estimate of drug-likeness (QED) is 0.128. The van der Waals surface area contributed by atoms with E-state index in [0.717, 1.165) is 67.9 Å². The van der Waals surface area contributed by atoms with E-state index in [1.54, 1.807) is 0 Å². The SMILES string of the molecule is Cc1ccc(N(c2ccc(Oc3ccc4ccccc4c3)cc2)c2ccc3ccc4c(N(c5ccc(C)cc5)c5ccc(Oc6ccc7ccccc7c6)cc5)ccc5ccc2c3c54)cc1. The van der Waals surface area contributed by atoms with E-state index in [9.17, 15) is 0 Å². The van der Waals surface area contributed by atoms with Crippen molar-refractivity contribution < 1.29 is 9.47 Å². The summed E-state index contributed by atoms with van der Waals surface area (Å²) in [5.41, 5.74) is 8.88. The second-order valence-electron chi connectivity index (χ2n) is 17.1. The Bertz CT molecular complexity index is 3460. The average molecular weight is 849 g/mol. The Balaban J connectivity index is 0.954. The summed E-state index contributed by atoms with van der Waals surface area (Å²) < 4.78 is 12.8. The van der Waals surface area contributed by atoms with E-state index in [1.807, 2.05) is 12.1 Å². The fourth-order valence-electron chi connectivity index (χ4n) is 9.46. The van der Waals surface area contributed by atoms with E-state index in [4.69, 9.17) is 9.47 Å². The van der Waals surface area contributed by atoms with Crippen LogP contribution in [0, 0.1) is 13.8 Å². The molecule has 0 unspecified atom stereocenters. The van der Waals surface area contributed by atoms with Gasteiger partial charge < -0.3 is 19.3 Å². The van der Waals surface area contributed by atoms with Crippen molar-refractivity contribution >= 4 is 88.0 Å². The first-order valence-electron chi connectivity index (χ1n) is 22.5. The molecule has 0 bridgehead atoms. The lowest BCUT2D eigenvalue weighted by molar-refractivity contribution is 0.483. The summed E-state index contributed by atoms with van der Waals surface area (Å²) >= 11 is 0. The first-order chi connectivity index (χ1) is 32.5. The molecule has 12 rings (SSSR count). The first-order valence-corrected chi connectivity index (χ1v) is 22.5. The minimum atomic E-state index is 0.783. The van der Waals surface area contributed by atoms with Crippen molar-refractivity contribution in [2.24, 2.45) is 0 Å². The molecule has 12 aromatic carbocycles. The van der Waals surface area contributed by atoms with E-state index in [-0.39, 0.29) is 0 Å². The Morgan fingerprint density at radius 2 is 0.591 bits per heavy atom. The van der Waals surface area contributed by atoms with Gasteiger partial charge in [0.2, 0.25) is 0 Å². The average Bonchev–Trinajstić information content (AvgIpc) is 3.36. The van der Waals surface area contributed by atoms with Crippen LogP contribution in [0.4, 0.5) is 34.1 Å². The molecule has 0 saturated carbocycles. The Morgan fingerprint density at radius 1 is 0.273 bits per heavy atom. The molecule has 4 heteroatoms. The van der Waals surface area contributed by atoms with E-state index in [2.05, 4.69) is 242 Å². The molecule has 0 aromatic heterocycles. The van der Waals surface area contributed by atoms with Gasteiger partial charge in [0.05, 0.1) is 11.4 Å². The van der Waals surface area contributed by atoms with Crippen LogP contribution in [-0.4, -0.2) is 0 Å². The zero-order chi connectivity index (χ0) is 44.1. The van der Waals surface area contributed by atoms with Gasteiger partial charge in [0.15, 0.2) is 0 Å². The molecule has 0 aliphatic heterocycles. The number of aryl methyl sites for hydroxylation is 2. The van der Waals surface area contributed by atoms with Crippen LogP contribution in [0.1, 0.15) is 11.1 Å². The lowest BCUT2D eigenvalue weighted by atomic mass is 9.91. The predicted octanol–water partition coefficient (Wildman–Crippen LogP) is 18.0. The Labute approximate surface area is 384 Å². The summed E-state index contributed by atoms with van der Waals surface area (Å²) in [5, 5.41) is 11.9. The lowest BCUT2D eigenvalue weighted by Crippen LogP contribution is -2.11. The highest BCUT2D eigenvalue weighted by Crippen LogP contribution is 2.48. The molecule has 0 spiro atoms. The fourth-order valence-corrected chi connectivity index (χ4v) is 9.46. The lowest BCUT2D eigenvalue weighted by Gasteiger charge is -2.29. The van der Waals surface area contributed by atoms with E-state index in [0.29, 0.717) is 0 Å². The summed E-state index contributed by atoms with van der Waals surface area (Å²) in [6, 6.07) is 81.9. The Kier molecular flexibility index (Phi) is 9.57. The van der Waals surface area contributed by atoms with Gasteiger partial charge in [0.1, 0.15) is 23.0 Å². The van der Waals surface area contributed by atoms with Gasteiger partial charge in [-0.25, -0.2) is 0 Å². The van der Waals surface area contributed by atoms with Gasteiger partial charge in [-0.15, -0.1) is 0 Å². The second-order valence-corrected chi connectivity index (χ2v) is 17.1. The van der Waals surface area contributed by atoms with Gasteiger partial charge in [0, 0.05) is 33.5 Å². The maximum atomic E-state index is 6.41. The van der Waals surface area contributed by atoms with Crippen molar-refractivity contribution in [1.29, 1.82) is 0 Å². The van der Waals surface area contributed by atoms with Gasteiger partial charge in [-0.2, -0.15) is 0 Å². The second kappa shape index (κ2) is 16.2. The molecule has 0 saturated heterocycles. The van der Waals surface area contributed by atoms with Crippen LogP contribution in [0.3, 0.4) is 0 Å². The summed E-state index contributed by atoms with van der Waals surface area (Å²) in [4.78, 5) is 4.73. The number of fused-ring (bicyclic) bond motifs is 2. The van der Waals surface area contributed by atoms with Crippen molar-refractivity contribution in [3.8, 4) is 23.0 Å². The van der Waals surface area contributed by atoms with Crippen LogP contribution in [0.15, 0.2) is 231 Å². The zero-order valence-electron chi connectivity index (χ0n) is 36.7. The molecule has 314 valence electrons. The summed E-state index contributed by atoms with van der Waals surface area (Å²) in [7, 11) is 0. The fraction of sp³-hybridized carbons (Fsp3) is 0.0323. The molecule has 12 aromatic rings. The topological polar surface area (TPSA) is 24.9 Å². The standard InChI is InChI=1S/C62H44N2O2/c1-41-11-21-49(22-12-41)63(51-25-31-53(32-26-51)65-55-29-15-43-7-3-5-9-47(43)39-55)59-37-19-45-18-36-58-60(38-20-46-17-35-57(59)61(45)62(46)58)64(50-23-13-42(2)14-24-50)52-27-33-54(34-28-52)66-56-30-16-44-8-4-6-10-48(44)40-56/h3-40H,1-2H3. The summed E-state index contributed by atoms with van der Waals surface area (Å²) in [5.74, 6) is 3.19. The van der Waals surface area contributed by atoms with Crippen molar-refractivity contribution in [2.45, 2.75) is 13.8 Å². The number of rotatable bonds is 10. The third-order valence-corrected chi connectivity index (χ3v) is 12.8. The van der Waals surface area contributed by atoms with Gasteiger partial charge in [0.25, 0.3) is 0 Å². The number of hydrogen-bond donors (Lipinski definition) is 0. The van der Waals surface area contributed by atoms with E-state index < -0.39 is 0 Å². The molecule has 0 aliphatic carbocycles. The highest BCUT2D eigenvalue weighted by molar-refractivity contribution is 6.28. The van der Waals surface area contributed by atoms with Crippen LogP contribution >= 0.6 is 0 Å². The molecule has 0 radical (unpaired) electrons. The molecule has 0 N–H and O–H groups in total. The van der Waals surface area contributed by atoms with Crippen LogP contribution in [0.2, 0.25) is 0 Å². The molecule has 0 atom stereocenters. The molecule has 0 aliphatic rings. The van der Waals surface area contributed by atoms with E-state index >= 15 is 0 Å². The van der Waals surface area contributed by atoms with Gasteiger partial charge >= 0.3 is 0 Å². The van der Waals surface area contributed by atoms with Crippen LogP contribution in [-0.2, 0) is 0 Å². The smallest absolute Gasteiger partial charge is 0.128 e.